The Balaban J connectivity index is 1.96. The number of fused-ring (bicyclic) bond motifs is 1. The van der Waals surface area contributed by atoms with Crippen LogP contribution in [0.25, 0.3) is 10.9 Å². The molecular weight excluding hydrogens is 360 g/mol. The van der Waals surface area contributed by atoms with Crippen molar-refractivity contribution in [3.8, 4) is 0 Å². The van der Waals surface area contributed by atoms with E-state index in [1.807, 2.05) is 0 Å². The van der Waals surface area contributed by atoms with Gasteiger partial charge in [0.05, 0.1) is 23.0 Å². The number of carbonyl (C=O) groups is 1. The number of methoxy groups -OCH3 is 1. The molecule has 2 heterocycles. The molecule has 1 aliphatic heterocycles. The third-order valence-corrected chi connectivity index (χ3v) is 5.28. The van der Waals surface area contributed by atoms with Crippen molar-refractivity contribution in [1.29, 1.82) is 0 Å². The fourth-order valence-corrected chi connectivity index (χ4v) is 3.75. The number of pyridine rings is 1. The van der Waals surface area contributed by atoms with Gasteiger partial charge < -0.3 is 25.0 Å². The van der Waals surface area contributed by atoms with Crippen molar-refractivity contribution in [2.24, 2.45) is 5.73 Å². The Hall–Kier alpha value is -2.52. The maximum Gasteiger partial charge on any atom is 0.341 e. The number of carboxylic acid groups (broad SMARTS) is 1. The molecule has 2 fully saturated rings. The molecule has 9 heteroatoms. The highest BCUT2D eigenvalue weighted by molar-refractivity contribution is 5.94. The number of aromatic nitrogens is 1. The van der Waals surface area contributed by atoms with Crippen LogP contribution < -0.4 is 16.1 Å². The number of benzene rings is 1. The molecule has 1 aromatic heterocycles. The molecule has 1 aliphatic carbocycles. The molecule has 1 aromatic carbocycles. The summed E-state index contributed by atoms with van der Waals surface area (Å²) in [4.78, 5) is 25.3. The monoisotopic (exact) mass is 379 g/mol. The molecule has 2 aliphatic rings. The number of carboxylic acids is 1. The number of hydrogen-bond donors (Lipinski definition) is 2. The Kier molecular flexibility index (Phi) is 4.15. The summed E-state index contributed by atoms with van der Waals surface area (Å²) in [5.74, 6) is -3.23. The second kappa shape index (κ2) is 6.28. The third kappa shape index (κ3) is 2.78. The van der Waals surface area contributed by atoms with Gasteiger partial charge in [0.1, 0.15) is 17.1 Å². The van der Waals surface area contributed by atoms with Crippen molar-refractivity contribution in [3.05, 3.63) is 39.7 Å². The van der Waals surface area contributed by atoms with Crippen LogP contribution in [0.4, 0.5) is 14.5 Å². The molecule has 3 N–H and O–H groups in total. The van der Waals surface area contributed by atoms with Gasteiger partial charge in [0.2, 0.25) is 5.43 Å². The van der Waals surface area contributed by atoms with Gasteiger partial charge in [-0.05, 0) is 18.9 Å². The van der Waals surface area contributed by atoms with Crippen LogP contribution in [0.5, 0.6) is 0 Å². The first-order valence-corrected chi connectivity index (χ1v) is 8.67. The number of rotatable bonds is 4. The number of aromatic carboxylic acids is 1. The molecule has 0 spiro atoms. The Morgan fingerprint density at radius 1 is 1.33 bits per heavy atom. The Labute approximate surface area is 152 Å². The smallest absolute Gasteiger partial charge is 0.341 e. The highest BCUT2D eigenvalue weighted by Gasteiger charge is 2.35. The highest BCUT2D eigenvalue weighted by atomic mass is 19.1. The summed E-state index contributed by atoms with van der Waals surface area (Å²) in [5.41, 5.74) is 4.23. The molecule has 4 rings (SSSR count). The second-order valence-electron chi connectivity index (χ2n) is 7.08. The van der Waals surface area contributed by atoms with Gasteiger partial charge in [-0.2, -0.15) is 0 Å². The second-order valence-corrected chi connectivity index (χ2v) is 7.08. The zero-order chi connectivity index (χ0) is 19.5. The lowest BCUT2D eigenvalue weighted by Gasteiger charge is -2.22. The molecule has 0 radical (unpaired) electrons. The van der Waals surface area contributed by atoms with Gasteiger partial charge in [-0.1, -0.05) is 0 Å². The third-order valence-electron chi connectivity index (χ3n) is 5.28. The predicted octanol–water partition coefficient (Wildman–Crippen LogP) is 1.48. The summed E-state index contributed by atoms with van der Waals surface area (Å²) in [6.45, 7) is 0.427. The van der Waals surface area contributed by atoms with E-state index in [1.165, 1.54) is 16.6 Å². The van der Waals surface area contributed by atoms with Crippen molar-refractivity contribution in [2.45, 2.75) is 31.0 Å². The molecule has 7 nitrogen and oxygen atoms in total. The van der Waals surface area contributed by atoms with Gasteiger partial charge in [0.25, 0.3) is 0 Å². The van der Waals surface area contributed by atoms with Crippen molar-refractivity contribution >= 4 is 22.6 Å². The molecule has 1 saturated heterocycles. The number of nitrogens with zero attached hydrogens (tertiary/aromatic N) is 2. The lowest BCUT2D eigenvalue weighted by atomic mass is 10.1. The minimum Gasteiger partial charge on any atom is -0.477 e. The van der Waals surface area contributed by atoms with E-state index in [0.717, 1.165) is 25.1 Å². The summed E-state index contributed by atoms with van der Waals surface area (Å²) in [6, 6.07) is 0.420. The van der Waals surface area contributed by atoms with Crippen LogP contribution in [-0.2, 0) is 4.74 Å². The highest BCUT2D eigenvalue weighted by Crippen LogP contribution is 2.40. The lowest BCUT2D eigenvalue weighted by Crippen LogP contribution is -2.34. The first-order chi connectivity index (χ1) is 12.8. The first kappa shape index (κ1) is 17.9. The van der Waals surface area contributed by atoms with E-state index < -0.39 is 34.6 Å². The summed E-state index contributed by atoms with van der Waals surface area (Å²) in [6.07, 6.45) is 2.27. The fourth-order valence-electron chi connectivity index (χ4n) is 3.75. The molecule has 0 unspecified atom stereocenters. The minimum absolute atomic E-state index is 0.0710. The van der Waals surface area contributed by atoms with Gasteiger partial charge in [-0.3, -0.25) is 4.79 Å². The van der Waals surface area contributed by atoms with Crippen molar-refractivity contribution in [2.75, 3.05) is 25.1 Å². The number of anilines is 1. The lowest BCUT2D eigenvalue weighted by molar-refractivity contribution is 0.0694. The van der Waals surface area contributed by atoms with Crippen molar-refractivity contribution in [1.82, 2.24) is 4.57 Å². The number of nitrogens with two attached hydrogens (primary N) is 1. The van der Waals surface area contributed by atoms with Crippen molar-refractivity contribution < 1.29 is 23.4 Å². The van der Waals surface area contributed by atoms with Gasteiger partial charge in [0.15, 0.2) is 5.82 Å². The predicted molar refractivity (Wildman–Crippen MR) is 94.3 cm³/mol. The standard InChI is InChI=1S/C18H19F2N3O4/c1-27-13-7-22(6-12(13)21)16-11(19)4-9-15(14(16)20)23(8-2-3-8)5-10(17(9)24)18(25)26/h4-5,8,12-13H,2-3,6-7,21H2,1H3,(H,25,26)/t12-,13+/m0/s1. The van der Waals surface area contributed by atoms with Crippen LogP contribution in [0.1, 0.15) is 29.2 Å². The fraction of sp³-hybridized carbons (Fsp3) is 0.444. The number of hydrogen-bond acceptors (Lipinski definition) is 5. The summed E-state index contributed by atoms with van der Waals surface area (Å²) in [5, 5.41) is 9.00. The Bertz CT molecular complexity index is 1000. The quantitative estimate of drug-likeness (QED) is 0.835. The Morgan fingerprint density at radius 3 is 2.59 bits per heavy atom. The molecule has 2 aromatic rings. The van der Waals surface area contributed by atoms with Crippen LogP contribution in [0.3, 0.4) is 0 Å². The molecule has 0 bridgehead atoms. The van der Waals surface area contributed by atoms with Crippen LogP contribution in [0.2, 0.25) is 0 Å². The normalized spacial score (nSPS) is 22.6. The molecule has 0 amide bonds. The minimum atomic E-state index is -1.42. The summed E-state index contributed by atoms with van der Waals surface area (Å²) >= 11 is 0. The van der Waals surface area contributed by atoms with Gasteiger partial charge >= 0.3 is 5.97 Å². The summed E-state index contributed by atoms with van der Waals surface area (Å²) in [7, 11) is 1.49. The maximum atomic E-state index is 15.4. The van der Waals surface area contributed by atoms with Crippen LogP contribution >= 0.6 is 0 Å². The van der Waals surface area contributed by atoms with E-state index in [0.29, 0.717) is 0 Å². The maximum absolute atomic E-state index is 15.4. The zero-order valence-corrected chi connectivity index (χ0v) is 14.6. The van der Waals surface area contributed by atoms with Gasteiger partial charge in [0, 0.05) is 32.4 Å². The molecule has 27 heavy (non-hydrogen) atoms. The number of halogens is 2. The molecule has 144 valence electrons. The van der Waals surface area contributed by atoms with E-state index in [1.54, 1.807) is 0 Å². The number of ether oxygens (including phenoxy) is 1. The largest absolute Gasteiger partial charge is 0.477 e. The topological polar surface area (TPSA) is 97.8 Å². The van der Waals surface area contributed by atoms with Crippen LogP contribution in [-0.4, -0.2) is 48.0 Å². The average molecular weight is 379 g/mol. The van der Waals surface area contributed by atoms with Gasteiger partial charge in [-0.25, -0.2) is 13.6 Å². The zero-order valence-electron chi connectivity index (χ0n) is 14.6. The van der Waals surface area contributed by atoms with Crippen LogP contribution in [0, 0.1) is 11.6 Å². The SMILES string of the molecule is CO[C@@H]1CN(c2c(F)cc3c(=O)c(C(=O)O)cn(C4CC4)c3c2F)C[C@@H]1N. The van der Waals surface area contributed by atoms with E-state index in [4.69, 9.17) is 10.5 Å². The van der Waals surface area contributed by atoms with E-state index in [9.17, 15) is 19.1 Å². The molecule has 1 saturated carbocycles. The van der Waals surface area contributed by atoms with Crippen molar-refractivity contribution in [3.63, 3.8) is 0 Å². The van der Waals surface area contributed by atoms with Crippen LogP contribution in [0.15, 0.2) is 17.1 Å². The first-order valence-electron chi connectivity index (χ1n) is 8.67. The summed E-state index contributed by atoms with van der Waals surface area (Å²) < 4.78 is 36.9. The molecule has 2 atom stereocenters. The van der Waals surface area contributed by atoms with Gasteiger partial charge in [-0.15, -0.1) is 0 Å². The van der Waals surface area contributed by atoms with E-state index >= 15 is 4.39 Å². The Morgan fingerprint density at radius 2 is 2.04 bits per heavy atom. The molecular formula is C18H19F2N3O4. The van der Waals surface area contributed by atoms with E-state index in [-0.39, 0.29) is 41.8 Å². The average Bonchev–Trinajstić information content (AvgIpc) is 3.38. The van der Waals surface area contributed by atoms with E-state index in [2.05, 4.69) is 0 Å².